The zero-order chi connectivity index (χ0) is 14.4. The highest BCUT2D eigenvalue weighted by Crippen LogP contribution is 2.22. The molecule has 0 aliphatic heterocycles. The van der Waals surface area contributed by atoms with E-state index in [4.69, 9.17) is 4.74 Å². The van der Waals surface area contributed by atoms with Crippen LogP contribution in [-0.2, 0) is 4.74 Å². The number of alkyl halides is 1. The molecule has 0 unspecified atom stereocenters. The fourth-order valence-electron chi connectivity index (χ4n) is 1.47. The molecule has 0 saturated carbocycles. The molecule has 0 bridgehead atoms. The summed E-state index contributed by atoms with van der Waals surface area (Å²) in [6, 6.07) is 3.75. The van der Waals surface area contributed by atoms with E-state index in [9.17, 15) is 19.7 Å². The van der Waals surface area contributed by atoms with Crippen LogP contribution in [-0.4, -0.2) is 28.6 Å². The summed E-state index contributed by atoms with van der Waals surface area (Å²) in [6.45, 7) is 1.73. The van der Waals surface area contributed by atoms with Gasteiger partial charge in [0.25, 0.3) is 5.69 Å². The van der Waals surface area contributed by atoms with E-state index in [0.717, 1.165) is 6.07 Å². The molecule has 1 aromatic carbocycles. The summed E-state index contributed by atoms with van der Waals surface area (Å²) in [5, 5.41) is 11.4. The van der Waals surface area contributed by atoms with E-state index in [2.05, 4.69) is 15.9 Å². The maximum atomic E-state index is 11.7. The highest BCUT2D eigenvalue weighted by Gasteiger charge is 2.23. The lowest BCUT2D eigenvalue weighted by Gasteiger charge is -2.05. The van der Waals surface area contributed by atoms with Gasteiger partial charge in [-0.25, -0.2) is 4.79 Å². The zero-order valence-corrected chi connectivity index (χ0v) is 11.8. The van der Waals surface area contributed by atoms with E-state index in [1.54, 1.807) is 6.92 Å². The summed E-state index contributed by atoms with van der Waals surface area (Å²) in [4.78, 5) is 33.5. The van der Waals surface area contributed by atoms with Crippen LogP contribution in [0.3, 0.4) is 0 Å². The number of carbonyl (C=O) groups is 2. The second-order valence-corrected chi connectivity index (χ2v) is 4.36. The Bertz CT molecular complexity index is 515. The standard InChI is InChI=1S/C12H12BrNO5/c1-2-19-12(16)9-4-3-8(11(15)5-6-13)7-10(9)14(17)18/h3-4,7H,2,5-6H2,1H3. The van der Waals surface area contributed by atoms with Crippen LogP contribution in [0.5, 0.6) is 0 Å². The van der Waals surface area contributed by atoms with Gasteiger partial charge >= 0.3 is 5.97 Å². The topological polar surface area (TPSA) is 86.5 Å². The molecule has 0 N–H and O–H groups in total. The Kier molecular flexibility index (Phi) is 5.62. The number of esters is 1. The van der Waals surface area contributed by atoms with Crippen LogP contribution in [0, 0.1) is 10.1 Å². The van der Waals surface area contributed by atoms with Crippen LogP contribution >= 0.6 is 15.9 Å². The molecule has 0 saturated heterocycles. The third kappa shape index (κ3) is 3.85. The number of benzene rings is 1. The fourth-order valence-corrected chi connectivity index (χ4v) is 1.83. The van der Waals surface area contributed by atoms with E-state index >= 15 is 0 Å². The van der Waals surface area contributed by atoms with Crippen molar-refractivity contribution in [3.05, 3.63) is 39.4 Å². The minimum atomic E-state index is -0.770. The van der Waals surface area contributed by atoms with Crippen molar-refractivity contribution in [3.8, 4) is 0 Å². The van der Waals surface area contributed by atoms with E-state index in [1.807, 2.05) is 0 Å². The van der Waals surface area contributed by atoms with Gasteiger partial charge in [-0.2, -0.15) is 0 Å². The summed E-state index contributed by atoms with van der Waals surface area (Å²) in [5.41, 5.74) is -0.361. The van der Waals surface area contributed by atoms with Crippen molar-refractivity contribution >= 4 is 33.4 Å². The summed E-state index contributed by atoms with van der Waals surface area (Å²) in [7, 11) is 0. The molecule has 0 fully saturated rings. The molecule has 1 rings (SSSR count). The van der Waals surface area contributed by atoms with Crippen molar-refractivity contribution in [2.75, 3.05) is 11.9 Å². The van der Waals surface area contributed by atoms with Crippen molar-refractivity contribution in [1.29, 1.82) is 0 Å². The van der Waals surface area contributed by atoms with Crippen LogP contribution in [0.4, 0.5) is 5.69 Å². The molecule has 1 aromatic rings. The van der Waals surface area contributed by atoms with Gasteiger partial charge in [0.05, 0.1) is 11.5 Å². The van der Waals surface area contributed by atoms with Crippen molar-refractivity contribution in [2.45, 2.75) is 13.3 Å². The van der Waals surface area contributed by atoms with Crippen molar-refractivity contribution in [1.82, 2.24) is 0 Å². The smallest absolute Gasteiger partial charge is 0.345 e. The number of Topliss-reactive ketones (excluding diaryl/α,β-unsaturated/α-hetero) is 1. The number of hydrogen-bond donors (Lipinski definition) is 0. The van der Waals surface area contributed by atoms with Crippen molar-refractivity contribution < 1.29 is 19.2 Å². The van der Waals surface area contributed by atoms with Gasteiger partial charge in [-0.3, -0.25) is 14.9 Å². The molecule has 0 radical (unpaired) electrons. The first-order chi connectivity index (χ1) is 9.01. The summed E-state index contributed by atoms with van der Waals surface area (Å²) in [6.07, 6.45) is 0.232. The number of ketones is 1. The Balaban J connectivity index is 3.18. The summed E-state index contributed by atoms with van der Waals surface area (Å²) in [5.74, 6) is -0.996. The van der Waals surface area contributed by atoms with Crippen LogP contribution in [0.25, 0.3) is 0 Å². The molecule has 7 heteroatoms. The maximum absolute atomic E-state index is 11.7. The van der Waals surface area contributed by atoms with E-state index < -0.39 is 16.6 Å². The Morgan fingerprint density at radius 1 is 1.42 bits per heavy atom. The highest BCUT2D eigenvalue weighted by atomic mass is 79.9. The van der Waals surface area contributed by atoms with Gasteiger partial charge in [0.2, 0.25) is 0 Å². The highest BCUT2D eigenvalue weighted by molar-refractivity contribution is 9.09. The molecule has 0 atom stereocenters. The molecule has 0 aliphatic carbocycles. The third-order valence-corrected chi connectivity index (χ3v) is 2.73. The first-order valence-electron chi connectivity index (χ1n) is 5.56. The van der Waals surface area contributed by atoms with Crippen LogP contribution in [0.2, 0.25) is 0 Å². The molecular weight excluding hydrogens is 318 g/mol. The van der Waals surface area contributed by atoms with Gasteiger partial charge in [0.1, 0.15) is 5.56 Å². The van der Waals surface area contributed by atoms with Crippen LogP contribution in [0.15, 0.2) is 18.2 Å². The largest absolute Gasteiger partial charge is 0.462 e. The molecule has 19 heavy (non-hydrogen) atoms. The third-order valence-electron chi connectivity index (χ3n) is 2.33. The van der Waals surface area contributed by atoms with Crippen molar-refractivity contribution in [2.24, 2.45) is 0 Å². The van der Waals surface area contributed by atoms with Gasteiger partial charge in [0, 0.05) is 23.4 Å². The number of halogens is 1. The number of rotatable bonds is 6. The molecule has 0 spiro atoms. The minimum Gasteiger partial charge on any atom is -0.462 e. The average Bonchev–Trinajstić information content (AvgIpc) is 2.38. The predicted octanol–water partition coefficient (Wildman–Crippen LogP) is 2.74. The van der Waals surface area contributed by atoms with Gasteiger partial charge < -0.3 is 4.74 Å². The zero-order valence-electron chi connectivity index (χ0n) is 10.2. The number of carbonyl (C=O) groups excluding carboxylic acids is 2. The molecule has 6 nitrogen and oxygen atoms in total. The lowest BCUT2D eigenvalue weighted by molar-refractivity contribution is -0.385. The molecule has 0 aliphatic rings. The van der Waals surface area contributed by atoms with E-state index in [-0.39, 0.29) is 29.9 Å². The first-order valence-corrected chi connectivity index (χ1v) is 6.68. The van der Waals surface area contributed by atoms with Gasteiger partial charge in [0.15, 0.2) is 5.78 Å². The summed E-state index contributed by atoms with van der Waals surface area (Å²) < 4.78 is 4.73. The summed E-state index contributed by atoms with van der Waals surface area (Å²) >= 11 is 3.12. The number of nitro benzene ring substituents is 1. The maximum Gasteiger partial charge on any atom is 0.345 e. The average molecular weight is 330 g/mol. The Labute approximate surface area is 118 Å². The number of nitrogens with zero attached hydrogens (tertiary/aromatic N) is 1. The quantitative estimate of drug-likeness (QED) is 0.263. The van der Waals surface area contributed by atoms with Gasteiger partial charge in [-0.05, 0) is 13.0 Å². The van der Waals surface area contributed by atoms with Crippen molar-refractivity contribution in [3.63, 3.8) is 0 Å². The van der Waals surface area contributed by atoms with Crippen LogP contribution < -0.4 is 0 Å². The molecule has 0 aromatic heterocycles. The normalized spacial score (nSPS) is 10.0. The SMILES string of the molecule is CCOC(=O)c1ccc(C(=O)CCBr)cc1[N+](=O)[O-]. The monoisotopic (exact) mass is 329 g/mol. The number of nitro groups is 1. The molecular formula is C12H12BrNO5. The van der Waals surface area contributed by atoms with E-state index in [0.29, 0.717) is 5.33 Å². The lowest BCUT2D eigenvalue weighted by atomic mass is 10.0. The first kappa shape index (κ1) is 15.3. The minimum absolute atomic E-state index is 0.125. The molecule has 102 valence electrons. The second-order valence-electron chi connectivity index (χ2n) is 3.57. The lowest BCUT2D eigenvalue weighted by Crippen LogP contribution is -2.09. The predicted molar refractivity (Wildman–Crippen MR) is 71.8 cm³/mol. The Morgan fingerprint density at radius 3 is 2.63 bits per heavy atom. The number of ether oxygens (including phenoxy) is 1. The van der Waals surface area contributed by atoms with Gasteiger partial charge in [-0.1, -0.05) is 22.0 Å². The van der Waals surface area contributed by atoms with Crippen LogP contribution in [0.1, 0.15) is 34.1 Å². The molecule has 0 amide bonds. The van der Waals surface area contributed by atoms with E-state index in [1.165, 1.54) is 12.1 Å². The second kappa shape index (κ2) is 6.98. The molecule has 0 heterocycles. The Hall–Kier alpha value is -1.76. The fraction of sp³-hybridized carbons (Fsp3) is 0.333. The van der Waals surface area contributed by atoms with Gasteiger partial charge in [-0.15, -0.1) is 0 Å². The Morgan fingerprint density at radius 2 is 2.11 bits per heavy atom. The number of hydrogen-bond acceptors (Lipinski definition) is 5.